The van der Waals surface area contributed by atoms with E-state index >= 15 is 0 Å². The van der Waals surface area contributed by atoms with Gasteiger partial charge in [-0.25, -0.2) is 0 Å². The van der Waals surface area contributed by atoms with Gasteiger partial charge in [-0.1, -0.05) is 20.8 Å². The van der Waals surface area contributed by atoms with Crippen LogP contribution >= 0.6 is 10.3 Å². The van der Waals surface area contributed by atoms with E-state index < -0.39 is 10.3 Å². The molecule has 11 heavy (non-hydrogen) atoms. The Kier molecular flexibility index (Phi) is 6.06. The van der Waals surface area contributed by atoms with Gasteiger partial charge in [0.15, 0.2) is 0 Å². The third-order valence-corrected chi connectivity index (χ3v) is 5.26. The van der Waals surface area contributed by atoms with Gasteiger partial charge in [0.1, 0.15) is 0 Å². The van der Waals surface area contributed by atoms with Gasteiger partial charge in [-0.15, -0.1) is 10.3 Å². The van der Waals surface area contributed by atoms with Gasteiger partial charge in [0.25, 0.3) is 0 Å². The summed E-state index contributed by atoms with van der Waals surface area (Å²) in [4.78, 5) is 0. The molecule has 0 saturated carbocycles. The predicted molar refractivity (Wildman–Crippen MR) is 55.7 cm³/mol. The Balaban J connectivity index is 3.79. The molecule has 0 atom stereocenters. The van der Waals surface area contributed by atoms with Crippen LogP contribution in [0.5, 0.6) is 0 Å². The standard InChI is InChI=1S/C9H22OS/c1-4-7-11(10,8-5-2)9-6-3/h10H,4-9H2,1-3H3. The van der Waals surface area contributed by atoms with Gasteiger partial charge < -0.3 is 4.55 Å². The van der Waals surface area contributed by atoms with Gasteiger partial charge in [-0.05, 0) is 36.5 Å². The van der Waals surface area contributed by atoms with E-state index in [9.17, 15) is 4.55 Å². The highest BCUT2D eigenvalue weighted by molar-refractivity contribution is 8.29. The summed E-state index contributed by atoms with van der Waals surface area (Å²) in [5.41, 5.74) is 0. The summed E-state index contributed by atoms with van der Waals surface area (Å²) >= 11 is 0. The summed E-state index contributed by atoms with van der Waals surface area (Å²) in [6.07, 6.45) is 3.39. The molecular formula is C9H22OS. The van der Waals surface area contributed by atoms with Crippen molar-refractivity contribution < 1.29 is 4.55 Å². The number of hydrogen-bond donors (Lipinski definition) is 1. The monoisotopic (exact) mass is 178 g/mol. The zero-order valence-corrected chi connectivity index (χ0v) is 8.91. The van der Waals surface area contributed by atoms with Crippen molar-refractivity contribution in [3.05, 3.63) is 0 Å². The molecule has 0 fully saturated rings. The maximum Gasteiger partial charge on any atom is -0.00150 e. The lowest BCUT2D eigenvalue weighted by molar-refractivity contribution is 0.617. The zero-order valence-electron chi connectivity index (χ0n) is 8.10. The molecular weight excluding hydrogens is 156 g/mol. The highest BCUT2D eigenvalue weighted by Gasteiger charge is 2.16. The van der Waals surface area contributed by atoms with Crippen LogP contribution in [-0.4, -0.2) is 21.8 Å². The quantitative estimate of drug-likeness (QED) is 0.660. The minimum Gasteiger partial charge on any atom is -0.351 e. The second kappa shape index (κ2) is 5.90. The number of rotatable bonds is 6. The second-order valence-corrected chi connectivity index (χ2v) is 6.34. The van der Waals surface area contributed by atoms with Crippen molar-refractivity contribution in [3.63, 3.8) is 0 Å². The Morgan fingerprint density at radius 2 is 1.09 bits per heavy atom. The Hall–Kier alpha value is 0.310. The Morgan fingerprint density at radius 1 is 0.818 bits per heavy atom. The first-order chi connectivity index (χ1) is 5.18. The largest absolute Gasteiger partial charge is 0.351 e. The molecule has 0 aromatic rings. The topological polar surface area (TPSA) is 20.2 Å². The van der Waals surface area contributed by atoms with Gasteiger partial charge in [-0.3, -0.25) is 0 Å². The summed E-state index contributed by atoms with van der Waals surface area (Å²) < 4.78 is 10.1. The van der Waals surface area contributed by atoms with Gasteiger partial charge >= 0.3 is 0 Å². The maximum absolute atomic E-state index is 10.1. The molecule has 0 aliphatic heterocycles. The molecule has 1 nitrogen and oxygen atoms in total. The lowest BCUT2D eigenvalue weighted by atomic mass is 10.6. The fourth-order valence-electron chi connectivity index (χ4n) is 1.45. The van der Waals surface area contributed by atoms with E-state index in [4.69, 9.17) is 0 Å². The zero-order chi connectivity index (χ0) is 8.74. The van der Waals surface area contributed by atoms with Crippen LogP contribution in [0.4, 0.5) is 0 Å². The lowest BCUT2D eigenvalue weighted by Crippen LogP contribution is -2.11. The molecule has 0 aliphatic carbocycles. The van der Waals surface area contributed by atoms with Crippen molar-refractivity contribution in [2.24, 2.45) is 0 Å². The first-order valence-electron chi connectivity index (χ1n) is 4.67. The molecule has 2 heteroatoms. The molecule has 0 rings (SSSR count). The normalized spacial score (nSPS) is 13.5. The molecule has 70 valence electrons. The third kappa shape index (κ3) is 4.70. The van der Waals surface area contributed by atoms with E-state index in [0.29, 0.717) is 0 Å². The van der Waals surface area contributed by atoms with E-state index in [-0.39, 0.29) is 0 Å². The van der Waals surface area contributed by atoms with Crippen molar-refractivity contribution in [3.8, 4) is 0 Å². The Morgan fingerprint density at radius 3 is 1.27 bits per heavy atom. The summed E-state index contributed by atoms with van der Waals surface area (Å²) in [5, 5.41) is 0. The third-order valence-electron chi connectivity index (χ3n) is 1.75. The molecule has 0 radical (unpaired) electrons. The van der Waals surface area contributed by atoms with Crippen LogP contribution in [0, 0.1) is 0 Å². The van der Waals surface area contributed by atoms with Crippen LogP contribution in [0.1, 0.15) is 40.0 Å². The summed E-state index contributed by atoms with van der Waals surface area (Å²) in [6, 6.07) is 0. The molecule has 0 spiro atoms. The number of hydrogen-bond acceptors (Lipinski definition) is 1. The van der Waals surface area contributed by atoms with Crippen LogP contribution < -0.4 is 0 Å². The Labute approximate surface area is 72.7 Å². The SMILES string of the molecule is CCCS(O)(CCC)CCC. The molecule has 0 bridgehead atoms. The molecule has 0 saturated heterocycles. The van der Waals surface area contributed by atoms with Crippen molar-refractivity contribution in [2.75, 3.05) is 17.3 Å². The summed E-state index contributed by atoms with van der Waals surface area (Å²) in [5.74, 6) is 3.15. The summed E-state index contributed by atoms with van der Waals surface area (Å²) in [6.45, 7) is 6.47. The van der Waals surface area contributed by atoms with Gasteiger partial charge in [-0.2, -0.15) is 0 Å². The molecule has 1 N–H and O–H groups in total. The van der Waals surface area contributed by atoms with Crippen LogP contribution in [0.15, 0.2) is 0 Å². The van der Waals surface area contributed by atoms with Crippen molar-refractivity contribution in [2.45, 2.75) is 40.0 Å². The molecule has 0 amide bonds. The molecule has 0 unspecified atom stereocenters. The van der Waals surface area contributed by atoms with Gasteiger partial charge in [0.05, 0.1) is 0 Å². The second-order valence-electron chi connectivity index (χ2n) is 3.11. The maximum atomic E-state index is 10.1. The van der Waals surface area contributed by atoms with Crippen LogP contribution in [-0.2, 0) is 0 Å². The van der Waals surface area contributed by atoms with Crippen molar-refractivity contribution in [1.82, 2.24) is 0 Å². The van der Waals surface area contributed by atoms with Gasteiger partial charge in [0.2, 0.25) is 0 Å². The lowest BCUT2D eigenvalue weighted by Gasteiger charge is -2.33. The van der Waals surface area contributed by atoms with E-state index in [1.165, 1.54) is 0 Å². The fraction of sp³-hybridized carbons (Fsp3) is 1.00. The highest BCUT2D eigenvalue weighted by atomic mass is 32.3. The van der Waals surface area contributed by atoms with E-state index in [1.807, 2.05) is 0 Å². The van der Waals surface area contributed by atoms with Crippen LogP contribution in [0.2, 0.25) is 0 Å². The summed E-state index contributed by atoms with van der Waals surface area (Å²) in [7, 11) is -1.19. The van der Waals surface area contributed by atoms with E-state index in [2.05, 4.69) is 20.8 Å². The minimum atomic E-state index is -1.19. The van der Waals surface area contributed by atoms with E-state index in [1.54, 1.807) is 0 Å². The smallest absolute Gasteiger partial charge is 0.00150 e. The van der Waals surface area contributed by atoms with Gasteiger partial charge in [0, 0.05) is 0 Å². The van der Waals surface area contributed by atoms with Crippen LogP contribution in [0.25, 0.3) is 0 Å². The Bertz CT molecular complexity index is 76.5. The average Bonchev–Trinajstić information content (AvgIpc) is 1.88. The van der Waals surface area contributed by atoms with E-state index in [0.717, 1.165) is 36.5 Å². The molecule has 0 aliphatic rings. The molecule has 0 aromatic heterocycles. The predicted octanol–water partition coefficient (Wildman–Crippen LogP) is 3.49. The fourth-order valence-corrected chi connectivity index (χ4v) is 4.34. The first kappa shape index (κ1) is 11.3. The van der Waals surface area contributed by atoms with Crippen molar-refractivity contribution >= 4 is 10.3 Å². The average molecular weight is 178 g/mol. The first-order valence-corrected chi connectivity index (χ1v) is 6.77. The molecule has 0 aromatic carbocycles. The highest BCUT2D eigenvalue weighted by Crippen LogP contribution is 2.44. The van der Waals surface area contributed by atoms with Crippen molar-refractivity contribution in [1.29, 1.82) is 0 Å². The minimum absolute atomic E-state index is 1.05. The molecule has 0 heterocycles. The van der Waals surface area contributed by atoms with Crippen LogP contribution in [0.3, 0.4) is 0 Å².